The first-order chi connectivity index (χ1) is 14.4. The van der Waals surface area contributed by atoms with E-state index < -0.39 is 29.4 Å². The third-order valence-electron chi connectivity index (χ3n) is 4.54. The summed E-state index contributed by atoms with van der Waals surface area (Å²) in [5.74, 6) is -3.71. The van der Waals surface area contributed by atoms with Gasteiger partial charge in [-0.25, -0.2) is 9.18 Å². The number of allylic oxidation sites excluding steroid dienone is 2. The van der Waals surface area contributed by atoms with E-state index in [0.29, 0.717) is 18.3 Å². The number of hydrogen-bond donors (Lipinski definition) is 1. The highest BCUT2D eigenvalue weighted by Gasteiger charge is 2.37. The summed E-state index contributed by atoms with van der Waals surface area (Å²) in [6.07, 6.45) is 3.20. The fourth-order valence-electron chi connectivity index (χ4n) is 2.94. The predicted octanol–water partition coefficient (Wildman–Crippen LogP) is 2.40. The molecule has 1 aromatic rings. The largest absolute Gasteiger partial charge is 0.489 e. The second kappa shape index (κ2) is 11.0. The molecule has 0 fully saturated rings. The fraction of sp³-hybridized carbons (Fsp3) is 0.364. The minimum absolute atomic E-state index is 0.0687. The molecule has 2 rings (SSSR count). The van der Waals surface area contributed by atoms with Gasteiger partial charge in [-0.3, -0.25) is 9.59 Å². The number of esters is 1. The fourth-order valence-corrected chi connectivity index (χ4v) is 2.94. The van der Waals surface area contributed by atoms with Crippen molar-refractivity contribution in [3.8, 4) is 0 Å². The number of amides is 1. The van der Waals surface area contributed by atoms with E-state index in [9.17, 15) is 23.6 Å². The number of Topliss-reactive ketones (excluding diaryl/α,β-unsaturated/α-hetero) is 1. The van der Waals surface area contributed by atoms with Gasteiger partial charge in [0.1, 0.15) is 12.1 Å². The number of carbonyl (C=O) groups is 4. The number of halogens is 1. The maximum atomic E-state index is 13.0. The molecule has 1 aliphatic rings. The van der Waals surface area contributed by atoms with Crippen molar-refractivity contribution in [3.05, 3.63) is 58.6 Å². The molecular formula is C22H24FNO6. The Morgan fingerprint density at radius 2 is 1.93 bits per heavy atom. The number of methoxy groups -OCH3 is 1. The Labute approximate surface area is 173 Å². The molecule has 0 saturated heterocycles. The van der Waals surface area contributed by atoms with Crippen molar-refractivity contribution < 1.29 is 33.0 Å². The zero-order valence-corrected chi connectivity index (χ0v) is 16.9. The second-order valence-electron chi connectivity index (χ2n) is 6.66. The van der Waals surface area contributed by atoms with Gasteiger partial charge in [-0.05, 0) is 24.1 Å². The lowest BCUT2D eigenvalue weighted by atomic mass is 9.85. The van der Waals surface area contributed by atoms with Crippen LogP contribution in [0.1, 0.15) is 31.7 Å². The van der Waals surface area contributed by atoms with E-state index in [4.69, 9.17) is 9.47 Å². The summed E-state index contributed by atoms with van der Waals surface area (Å²) in [4.78, 5) is 49.0. The molecule has 1 amide bonds. The van der Waals surface area contributed by atoms with Crippen LogP contribution >= 0.6 is 0 Å². The number of unbranched alkanes of at least 4 members (excludes halogenated alkanes) is 1. The van der Waals surface area contributed by atoms with Crippen LogP contribution in [0.25, 0.3) is 0 Å². The van der Waals surface area contributed by atoms with Crippen molar-refractivity contribution in [2.75, 3.05) is 13.7 Å². The number of benzene rings is 1. The average Bonchev–Trinajstić information content (AvgIpc) is 2.74. The minimum Gasteiger partial charge on any atom is -0.489 e. The number of carbonyl (C=O) groups excluding carboxylic acids is 4. The lowest BCUT2D eigenvalue weighted by molar-refractivity contribution is -0.138. The molecule has 0 radical (unpaired) electrons. The van der Waals surface area contributed by atoms with Gasteiger partial charge in [0.25, 0.3) is 5.91 Å². The monoisotopic (exact) mass is 417 g/mol. The molecule has 1 unspecified atom stereocenters. The van der Waals surface area contributed by atoms with Gasteiger partial charge in [-0.15, -0.1) is 0 Å². The SMILES string of the molecule is CCCCOC1=C(C(=O)OC)C(CC=O)C=C(C(=O)NCc2ccc(F)cc2)C1=O. The van der Waals surface area contributed by atoms with Crippen LogP contribution in [0.5, 0.6) is 0 Å². The summed E-state index contributed by atoms with van der Waals surface area (Å²) >= 11 is 0. The Balaban J connectivity index is 2.29. The number of ether oxygens (including phenoxy) is 2. The highest BCUT2D eigenvalue weighted by atomic mass is 19.1. The Morgan fingerprint density at radius 3 is 2.53 bits per heavy atom. The molecule has 1 atom stereocenters. The van der Waals surface area contributed by atoms with Gasteiger partial charge in [0.05, 0.1) is 24.9 Å². The predicted molar refractivity (Wildman–Crippen MR) is 105 cm³/mol. The standard InChI is InChI=1S/C22H24FNO6/c1-3-4-11-30-20-18(22(28)29-2)15(9-10-25)12-17(19(20)26)21(27)24-13-14-5-7-16(23)8-6-14/h5-8,10,12,15H,3-4,9,11,13H2,1-2H3,(H,24,27). The summed E-state index contributed by atoms with van der Waals surface area (Å²) in [6, 6.07) is 5.54. The van der Waals surface area contributed by atoms with Gasteiger partial charge in [-0.2, -0.15) is 0 Å². The average molecular weight is 417 g/mol. The van der Waals surface area contributed by atoms with Crippen LogP contribution < -0.4 is 5.32 Å². The molecule has 1 N–H and O–H groups in total. The number of rotatable bonds is 10. The topological polar surface area (TPSA) is 98.8 Å². The van der Waals surface area contributed by atoms with Gasteiger partial charge in [0, 0.05) is 18.9 Å². The van der Waals surface area contributed by atoms with Crippen LogP contribution in [-0.4, -0.2) is 37.7 Å². The first-order valence-electron chi connectivity index (χ1n) is 9.60. The molecule has 0 spiro atoms. The quantitative estimate of drug-likeness (QED) is 0.272. The van der Waals surface area contributed by atoms with E-state index in [1.807, 2.05) is 6.92 Å². The van der Waals surface area contributed by atoms with Crippen molar-refractivity contribution in [2.45, 2.75) is 32.7 Å². The van der Waals surface area contributed by atoms with Crippen molar-refractivity contribution in [1.29, 1.82) is 0 Å². The Hall–Kier alpha value is -3.29. The molecule has 0 bridgehead atoms. The Morgan fingerprint density at radius 1 is 1.23 bits per heavy atom. The highest BCUT2D eigenvalue weighted by Crippen LogP contribution is 2.31. The zero-order chi connectivity index (χ0) is 22.1. The van der Waals surface area contributed by atoms with Gasteiger partial charge in [-0.1, -0.05) is 31.6 Å². The number of nitrogens with one attached hydrogen (secondary N) is 1. The lowest BCUT2D eigenvalue weighted by Crippen LogP contribution is -2.34. The van der Waals surface area contributed by atoms with Crippen LogP contribution in [-0.2, 0) is 35.2 Å². The molecule has 7 nitrogen and oxygen atoms in total. The molecule has 0 heterocycles. The van der Waals surface area contributed by atoms with Crippen LogP contribution in [0.4, 0.5) is 4.39 Å². The van der Waals surface area contributed by atoms with Crippen molar-refractivity contribution in [1.82, 2.24) is 5.32 Å². The number of ketones is 1. The van der Waals surface area contributed by atoms with Crippen LogP contribution in [0.3, 0.4) is 0 Å². The molecule has 8 heteroatoms. The van der Waals surface area contributed by atoms with E-state index in [2.05, 4.69) is 5.32 Å². The molecule has 1 aliphatic carbocycles. The Bertz CT molecular complexity index is 872. The molecule has 160 valence electrons. The van der Waals surface area contributed by atoms with Gasteiger partial charge in [0.15, 0.2) is 5.76 Å². The van der Waals surface area contributed by atoms with Crippen molar-refractivity contribution in [3.63, 3.8) is 0 Å². The normalized spacial score (nSPS) is 16.0. The van der Waals surface area contributed by atoms with Crippen molar-refractivity contribution in [2.24, 2.45) is 5.92 Å². The summed E-state index contributed by atoms with van der Waals surface area (Å²) in [6.45, 7) is 2.18. The van der Waals surface area contributed by atoms with E-state index in [1.54, 1.807) is 0 Å². The second-order valence-corrected chi connectivity index (χ2v) is 6.66. The molecule has 0 aliphatic heterocycles. The van der Waals surface area contributed by atoms with Crippen LogP contribution in [0.2, 0.25) is 0 Å². The summed E-state index contributed by atoms with van der Waals surface area (Å²) < 4.78 is 23.3. The van der Waals surface area contributed by atoms with Gasteiger partial charge >= 0.3 is 5.97 Å². The Kier molecular flexibility index (Phi) is 8.46. The molecular weight excluding hydrogens is 393 g/mol. The summed E-state index contributed by atoms with van der Waals surface area (Å²) in [5.41, 5.74) is 0.354. The van der Waals surface area contributed by atoms with Gasteiger partial charge in [0.2, 0.25) is 5.78 Å². The van der Waals surface area contributed by atoms with E-state index in [0.717, 1.165) is 13.5 Å². The van der Waals surface area contributed by atoms with Crippen molar-refractivity contribution >= 4 is 23.9 Å². The number of hydrogen-bond acceptors (Lipinski definition) is 6. The zero-order valence-electron chi connectivity index (χ0n) is 16.9. The van der Waals surface area contributed by atoms with Crippen LogP contribution in [0, 0.1) is 11.7 Å². The maximum Gasteiger partial charge on any atom is 0.338 e. The van der Waals surface area contributed by atoms with Gasteiger partial charge < -0.3 is 19.6 Å². The molecule has 0 aromatic heterocycles. The first-order valence-corrected chi connectivity index (χ1v) is 9.60. The van der Waals surface area contributed by atoms with E-state index in [1.165, 1.54) is 30.3 Å². The molecule has 1 aromatic carbocycles. The number of aldehydes is 1. The third kappa shape index (κ3) is 5.62. The smallest absolute Gasteiger partial charge is 0.338 e. The maximum absolute atomic E-state index is 13.0. The van der Waals surface area contributed by atoms with Crippen LogP contribution in [0.15, 0.2) is 47.2 Å². The highest BCUT2D eigenvalue weighted by molar-refractivity contribution is 6.27. The molecule has 0 saturated carbocycles. The lowest BCUT2D eigenvalue weighted by Gasteiger charge is -2.24. The minimum atomic E-state index is -0.823. The third-order valence-corrected chi connectivity index (χ3v) is 4.54. The summed E-state index contributed by atoms with van der Waals surface area (Å²) in [7, 11) is 1.16. The van der Waals surface area contributed by atoms with E-state index >= 15 is 0 Å². The van der Waals surface area contributed by atoms with E-state index in [-0.39, 0.29) is 36.5 Å². The summed E-state index contributed by atoms with van der Waals surface area (Å²) in [5, 5.41) is 2.59. The molecule has 30 heavy (non-hydrogen) atoms. The first kappa shape index (κ1) is 23.0.